The summed E-state index contributed by atoms with van der Waals surface area (Å²) in [5, 5.41) is 9.49. The molecule has 0 bridgehead atoms. The van der Waals surface area contributed by atoms with Crippen LogP contribution in [-0.4, -0.2) is 34.3 Å². The van der Waals surface area contributed by atoms with Crippen molar-refractivity contribution in [2.45, 2.75) is 18.9 Å². The van der Waals surface area contributed by atoms with Gasteiger partial charge < -0.3 is 15.7 Å². The van der Waals surface area contributed by atoms with E-state index < -0.39 is 0 Å². The van der Waals surface area contributed by atoms with Gasteiger partial charge in [0.2, 0.25) is 5.95 Å². The Hall–Kier alpha value is -1.36. The van der Waals surface area contributed by atoms with Crippen LogP contribution in [0.4, 0.5) is 11.8 Å². The molecule has 14 heavy (non-hydrogen) atoms. The van der Waals surface area contributed by atoms with E-state index in [1.165, 1.54) is 0 Å². The van der Waals surface area contributed by atoms with Gasteiger partial charge in [-0.2, -0.15) is 4.98 Å². The number of piperidine rings is 1. The second-order valence-corrected chi connectivity index (χ2v) is 3.52. The summed E-state index contributed by atoms with van der Waals surface area (Å²) in [5.74, 6) is 1.08. The molecule has 0 spiro atoms. The second-order valence-electron chi connectivity index (χ2n) is 3.52. The van der Waals surface area contributed by atoms with Gasteiger partial charge in [-0.25, -0.2) is 4.98 Å². The van der Waals surface area contributed by atoms with Crippen LogP contribution in [0.25, 0.3) is 0 Å². The fourth-order valence-electron chi connectivity index (χ4n) is 1.70. The smallest absolute Gasteiger partial charge is 0.221 e. The van der Waals surface area contributed by atoms with E-state index in [1.807, 2.05) is 11.0 Å². The third-order valence-electron chi connectivity index (χ3n) is 2.38. The summed E-state index contributed by atoms with van der Waals surface area (Å²) >= 11 is 0. The van der Waals surface area contributed by atoms with Gasteiger partial charge in [0.1, 0.15) is 5.82 Å². The molecule has 2 heterocycles. The van der Waals surface area contributed by atoms with E-state index in [1.54, 1.807) is 6.20 Å². The Kier molecular flexibility index (Phi) is 2.49. The Labute approximate surface area is 82.6 Å². The topological polar surface area (TPSA) is 75.3 Å². The van der Waals surface area contributed by atoms with Crippen LogP contribution in [-0.2, 0) is 0 Å². The van der Waals surface area contributed by atoms with Crippen LogP contribution in [0.2, 0.25) is 0 Å². The number of aromatic nitrogens is 2. The molecule has 1 unspecified atom stereocenters. The highest BCUT2D eigenvalue weighted by Gasteiger charge is 2.18. The molecule has 5 nitrogen and oxygen atoms in total. The van der Waals surface area contributed by atoms with Crippen molar-refractivity contribution in [1.29, 1.82) is 0 Å². The quantitative estimate of drug-likeness (QED) is 0.659. The number of aliphatic hydroxyl groups is 1. The maximum Gasteiger partial charge on any atom is 0.221 e. The normalized spacial score (nSPS) is 22.4. The van der Waals surface area contributed by atoms with E-state index in [0.717, 1.165) is 25.2 Å². The Bertz CT molecular complexity index is 317. The predicted octanol–water partition coefficient (Wildman–Crippen LogP) is 0.0199. The van der Waals surface area contributed by atoms with Crippen LogP contribution in [0.3, 0.4) is 0 Å². The first kappa shape index (κ1) is 9.21. The minimum absolute atomic E-state index is 0.250. The lowest BCUT2D eigenvalue weighted by molar-refractivity contribution is 0.154. The van der Waals surface area contributed by atoms with Crippen molar-refractivity contribution in [3.63, 3.8) is 0 Å². The molecule has 1 aliphatic heterocycles. The van der Waals surface area contributed by atoms with Crippen molar-refractivity contribution < 1.29 is 5.11 Å². The zero-order valence-corrected chi connectivity index (χ0v) is 7.93. The summed E-state index contributed by atoms with van der Waals surface area (Å²) in [4.78, 5) is 9.98. The molecule has 1 fully saturated rings. The molecule has 1 aromatic heterocycles. The molecule has 0 aliphatic carbocycles. The van der Waals surface area contributed by atoms with Crippen molar-refractivity contribution in [3.8, 4) is 0 Å². The van der Waals surface area contributed by atoms with Crippen molar-refractivity contribution in [1.82, 2.24) is 9.97 Å². The number of nitrogens with two attached hydrogens (primary N) is 1. The monoisotopic (exact) mass is 194 g/mol. The molecule has 3 N–H and O–H groups in total. The summed E-state index contributed by atoms with van der Waals surface area (Å²) < 4.78 is 0. The van der Waals surface area contributed by atoms with Crippen LogP contribution in [0.5, 0.6) is 0 Å². The first-order chi connectivity index (χ1) is 6.75. The molecule has 0 saturated carbocycles. The number of β-amino-alcohol motifs (C(OH)–C–C–N with tert-alkyl or cyclic N) is 1. The van der Waals surface area contributed by atoms with Crippen LogP contribution in [0.1, 0.15) is 12.8 Å². The molecule has 0 amide bonds. The maximum atomic E-state index is 9.49. The van der Waals surface area contributed by atoms with Crippen molar-refractivity contribution in [3.05, 3.63) is 12.3 Å². The van der Waals surface area contributed by atoms with Gasteiger partial charge in [-0.3, -0.25) is 0 Å². The average Bonchev–Trinajstić information content (AvgIpc) is 2.18. The van der Waals surface area contributed by atoms with Crippen LogP contribution in [0.15, 0.2) is 12.3 Å². The fraction of sp³-hybridized carbons (Fsp3) is 0.556. The molecule has 1 aliphatic rings. The number of hydrogen-bond acceptors (Lipinski definition) is 5. The number of nitrogen functional groups attached to an aromatic ring is 1. The molecule has 76 valence electrons. The van der Waals surface area contributed by atoms with Gasteiger partial charge in [0, 0.05) is 19.3 Å². The highest BCUT2D eigenvalue weighted by atomic mass is 16.3. The van der Waals surface area contributed by atoms with Crippen molar-refractivity contribution in [2.75, 3.05) is 23.7 Å². The molecular weight excluding hydrogens is 180 g/mol. The Morgan fingerprint density at radius 2 is 2.43 bits per heavy atom. The molecule has 0 aromatic carbocycles. The van der Waals surface area contributed by atoms with E-state index >= 15 is 0 Å². The first-order valence-electron chi connectivity index (χ1n) is 4.77. The zero-order chi connectivity index (χ0) is 9.97. The van der Waals surface area contributed by atoms with Crippen LogP contribution < -0.4 is 10.6 Å². The highest BCUT2D eigenvalue weighted by Crippen LogP contribution is 2.17. The molecule has 5 heteroatoms. The van der Waals surface area contributed by atoms with Gasteiger partial charge in [-0.15, -0.1) is 0 Å². The second kappa shape index (κ2) is 3.79. The van der Waals surface area contributed by atoms with Gasteiger partial charge in [-0.1, -0.05) is 0 Å². The average molecular weight is 194 g/mol. The van der Waals surface area contributed by atoms with Gasteiger partial charge in [0.05, 0.1) is 6.10 Å². The lowest BCUT2D eigenvalue weighted by Crippen LogP contribution is -2.38. The Balaban J connectivity index is 2.14. The maximum absolute atomic E-state index is 9.49. The molecule has 0 radical (unpaired) electrons. The number of rotatable bonds is 1. The fourth-order valence-corrected chi connectivity index (χ4v) is 1.70. The summed E-state index contributed by atoms with van der Waals surface area (Å²) in [6.45, 7) is 1.56. The predicted molar refractivity (Wildman–Crippen MR) is 53.9 cm³/mol. The van der Waals surface area contributed by atoms with Gasteiger partial charge in [0.25, 0.3) is 0 Å². The standard InChI is InChI=1S/C9H14N4O/c10-9-11-4-3-8(12-9)13-5-1-2-7(14)6-13/h3-4,7,14H,1-2,5-6H2,(H2,10,11,12). The SMILES string of the molecule is Nc1nccc(N2CCCC(O)C2)n1. The third-order valence-corrected chi connectivity index (χ3v) is 2.38. The minimum Gasteiger partial charge on any atom is -0.391 e. The minimum atomic E-state index is -0.250. The summed E-state index contributed by atoms with van der Waals surface area (Å²) in [6.07, 6.45) is 3.25. The van der Waals surface area contributed by atoms with Crippen molar-refractivity contribution >= 4 is 11.8 Å². The van der Waals surface area contributed by atoms with E-state index in [4.69, 9.17) is 5.73 Å². The summed E-state index contributed by atoms with van der Waals surface area (Å²) in [6, 6.07) is 1.81. The largest absolute Gasteiger partial charge is 0.391 e. The summed E-state index contributed by atoms with van der Waals surface area (Å²) in [7, 11) is 0. The summed E-state index contributed by atoms with van der Waals surface area (Å²) in [5.41, 5.74) is 5.49. The molecular formula is C9H14N4O. The molecule has 2 rings (SSSR count). The number of aliphatic hydroxyl groups excluding tert-OH is 1. The highest BCUT2D eigenvalue weighted by molar-refractivity contribution is 5.41. The zero-order valence-electron chi connectivity index (χ0n) is 7.93. The molecule has 1 aromatic rings. The van der Waals surface area contributed by atoms with E-state index in [-0.39, 0.29) is 12.1 Å². The third kappa shape index (κ3) is 1.93. The lowest BCUT2D eigenvalue weighted by atomic mass is 10.1. The van der Waals surface area contributed by atoms with Gasteiger partial charge in [0.15, 0.2) is 0 Å². The Morgan fingerprint density at radius 3 is 3.14 bits per heavy atom. The van der Waals surface area contributed by atoms with E-state index in [2.05, 4.69) is 9.97 Å². The van der Waals surface area contributed by atoms with Gasteiger partial charge in [-0.05, 0) is 18.9 Å². The lowest BCUT2D eigenvalue weighted by Gasteiger charge is -2.30. The molecule has 1 saturated heterocycles. The number of hydrogen-bond donors (Lipinski definition) is 2. The van der Waals surface area contributed by atoms with Crippen LogP contribution in [0, 0.1) is 0 Å². The van der Waals surface area contributed by atoms with Crippen LogP contribution >= 0.6 is 0 Å². The Morgan fingerprint density at radius 1 is 1.57 bits per heavy atom. The van der Waals surface area contributed by atoms with E-state index in [0.29, 0.717) is 6.54 Å². The number of nitrogens with zero attached hydrogens (tertiary/aromatic N) is 3. The molecule has 1 atom stereocenters. The number of anilines is 2. The van der Waals surface area contributed by atoms with E-state index in [9.17, 15) is 5.11 Å². The first-order valence-corrected chi connectivity index (χ1v) is 4.77. The van der Waals surface area contributed by atoms with Gasteiger partial charge >= 0.3 is 0 Å². The van der Waals surface area contributed by atoms with Crippen molar-refractivity contribution in [2.24, 2.45) is 0 Å².